The molecular weight excluding hydrogens is 405 g/mol. The summed E-state index contributed by atoms with van der Waals surface area (Å²) in [6, 6.07) is 33.8. The van der Waals surface area contributed by atoms with E-state index < -0.39 is 7.26 Å². The van der Waals surface area contributed by atoms with Gasteiger partial charge in [-0.2, -0.15) is 5.26 Å². The molecule has 0 radical (unpaired) electrons. The van der Waals surface area contributed by atoms with Gasteiger partial charge in [0.2, 0.25) is 5.31 Å². The van der Waals surface area contributed by atoms with Crippen LogP contribution in [0, 0.1) is 11.3 Å². The Balaban J connectivity index is 2.49. The Morgan fingerprint density at radius 1 is 0.833 bits per heavy atom. The molecule has 3 aromatic carbocycles. The molecule has 3 rings (SSSR count). The smallest absolute Gasteiger partial charge is 0.217 e. The summed E-state index contributed by atoms with van der Waals surface area (Å²) in [6.45, 7) is 0. The molecule has 0 amide bonds. The van der Waals surface area contributed by atoms with Crippen LogP contribution in [0.15, 0.2) is 106 Å². The van der Waals surface area contributed by atoms with E-state index in [4.69, 9.17) is 4.99 Å². The molecule has 0 spiro atoms. The third kappa shape index (κ3) is 4.33. The van der Waals surface area contributed by atoms with Crippen molar-refractivity contribution in [2.24, 2.45) is 4.99 Å². The quantitative estimate of drug-likeness (QED) is 0.238. The summed E-state index contributed by atoms with van der Waals surface area (Å²) in [5, 5.41) is 15.4. The Hall–Kier alpha value is -2.86. The molecule has 0 heterocycles. The topological polar surface area (TPSA) is 39.4 Å². The highest BCUT2D eigenvalue weighted by molar-refractivity contribution is 8.04. The highest BCUT2D eigenvalue weighted by atomic mass is 32.2. The molecule has 0 fully saturated rings. The second-order valence-electron chi connectivity index (χ2n) is 6.86. The van der Waals surface area contributed by atoms with Gasteiger partial charge in [-0.1, -0.05) is 54.6 Å². The zero-order chi connectivity index (χ0) is 21.4. The molecule has 3 nitrogen and oxygen atoms in total. The number of nitriles is 1. The van der Waals surface area contributed by atoms with E-state index in [1.807, 2.05) is 79.8 Å². The van der Waals surface area contributed by atoms with Crippen LogP contribution in [0.3, 0.4) is 0 Å². The van der Waals surface area contributed by atoms with Crippen molar-refractivity contribution in [1.29, 1.82) is 5.26 Å². The molecule has 0 saturated heterocycles. The van der Waals surface area contributed by atoms with Gasteiger partial charge in [0.25, 0.3) is 0 Å². The van der Waals surface area contributed by atoms with Gasteiger partial charge in [-0.25, -0.2) is 4.99 Å². The van der Waals surface area contributed by atoms with Gasteiger partial charge in [0, 0.05) is 14.1 Å². The lowest BCUT2D eigenvalue weighted by molar-refractivity contribution is 0.643. The zero-order valence-electron chi connectivity index (χ0n) is 17.4. The number of hydrogen-bond donors (Lipinski definition) is 0. The monoisotopic (exact) mass is 430 g/mol. The average molecular weight is 431 g/mol. The van der Waals surface area contributed by atoms with Crippen LogP contribution >= 0.6 is 19.0 Å². The molecule has 0 aliphatic carbocycles. The third-order valence-electron chi connectivity index (χ3n) is 4.67. The van der Waals surface area contributed by atoms with Crippen LogP contribution < -0.4 is 15.9 Å². The van der Waals surface area contributed by atoms with Crippen molar-refractivity contribution >= 4 is 41.3 Å². The van der Waals surface area contributed by atoms with Gasteiger partial charge in [-0.3, -0.25) is 0 Å². The van der Waals surface area contributed by atoms with Gasteiger partial charge < -0.3 is 4.90 Å². The lowest BCUT2D eigenvalue weighted by atomic mass is 10.4. The van der Waals surface area contributed by atoms with Crippen molar-refractivity contribution in [3.63, 3.8) is 0 Å². The predicted octanol–water partition coefficient (Wildman–Crippen LogP) is 4.63. The summed E-state index contributed by atoms with van der Waals surface area (Å²) in [6.07, 6.45) is 3.74. The van der Waals surface area contributed by atoms with Crippen LogP contribution in [-0.2, 0) is 0 Å². The number of rotatable bonds is 7. The molecule has 0 atom stereocenters. The van der Waals surface area contributed by atoms with E-state index in [2.05, 4.69) is 42.5 Å². The summed E-state index contributed by atoms with van der Waals surface area (Å²) in [5.74, 6) is 0. The van der Waals surface area contributed by atoms with Crippen LogP contribution in [0.5, 0.6) is 0 Å². The van der Waals surface area contributed by atoms with Crippen molar-refractivity contribution in [3.05, 3.63) is 101 Å². The minimum absolute atomic E-state index is 0.719. The number of allylic oxidation sites excluding steroid dienone is 1. The maximum atomic E-state index is 10.5. The van der Waals surface area contributed by atoms with Crippen molar-refractivity contribution in [2.75, 3.05) is 20.4 Å². The van der Waals surface area contributed by atoms with Crippen LogP contribution in [0.25, 0.3) is 0 Å². The minimum atomic E-state index is -2.43. The SMILES string of the molecule is CS/C(N=CN(C)C)=C(/C#N)[P+](c1ccccc1)(c1ccccc1)c1ccccc1. The Bertz CT molecular complexity index is 959. The van der Waals surface area contributed by atoms with Crippen molar-refractivity contribution < 1.29 is 0 Å². The average Bonchev–Trinajstić information content (AvgIpc) is 2.80. The molecule has 0 saturated carbocycles. The molecule has 5 heteroatoms. The molecule has 0 N–H and O–H groups in total. The molecule has 150 valence electrons. The van der Waals surface area contributed by atoms with E-state index >= 15 is 0 Å². The van der Waals surface area contributed by atoms with Gasteiger partial charge >= 0.3 is 0 Å². The summed E-state index contributed by atoms with van der Waals surface area (Å²) in [5.41, 5.74) is 0. The first-order valence-corrected chi connectivity index (χ1v) is 12.6. The highest BCUT2D eigenvalue weighted by Crippen LogP contribution is 2.63. The lowest BCUT2D eigenvalue weighted by Gasteiger charge is -2.27. The molecule has 0 aliphatic rings. The Morgan fingerprint density at radius 2 is 1.23 bits per heavy atom. The maximum Gasteiger partial charge on any atom is 0.217 e. The fourth-order valence-corrected chi connectivity index (χ4v) is 8.53. The summed E-state index contributed by atoms with van der Waals surface area (Å²) >= 11 is 1.52. The highest BCUT2D eigenvalue weighted by Gasteiger charge is 2.51. The second-order valence-corrected chi connectivity index (χ2v) is 11.0. The summed E-state index contributed by atoms with van der Waals surface area (Å²) < 4.78 is 0. The van der Waals surface area contributed by atoms with Crippen molar-refractivity contribution in [2.45, 2.75) is 0 Å². The van der Waals surface area contributed by atoms with E-state index in [1.165, 1.54) is 11.8 Å². The van der Waals surface area contributed by atoms with Crippen LogP contribution in [0.2, 0.25) is 0 Å². The molecule has 0 unspecified atom stereocenters. The Morgan fingerprint density at radius 3 is 1.53 bits per heavy atom. The number of aliphatic imine (C=N–C) groups is 1. The first-order valence-electron chi connectivity index (χ1n) is 9.60. The van der Waals surface area contributed by atoms with Gasteiger partial charge in [-0.15, -0.1) is 11.8 Å². The van der Waals surface area contributed by atoms with Crippen LogP contribution in [0.4, 0.5) is 0 Å². The number of thioether (sulfide) groups is 1. The van der Waals surface area contributed by atoms with Crippen LogP contribution in [0.1, 0.15) is 0 Å². The molecule has 0 aliphatic heterocycles. The fraction of sp³-hybridized carbons (Fsp3) is 0.120. The third-order valence-corrected chi connectivity index (χ3v) is 9.72. The molecular formula is C25H25N3PS+. The van der Waals surface area contributed by atoms with Gasteiger partial charge in [0.15, 0.2) is 12.3 Å². The Kier molecular flexibility index (Phi) is 7.46. The summed E-state index contributed by atoms with van der Waals surface area (Å²) in [7, 11) is 1.43. The first kappa shape index (κ1) is 21.8. The maximum absolute atomic E-state index is 10.5. The normalized spacial score (nSPS) is 12.3. The summed E-state index contributed by atoms with van der Waals surface area (Å²) in [4.78, 5) is 6.59. The zero-order valence-corrected chi connectivity index (χ0v) is 19.1. The predicted molar refractivity (Wildman–Crippen MR) is 133 cm³/mol. The molecule has 3 aromatic rings. The van der Waals surface area contributed by atoms with E-state index in [0.29, 0.717) is 0 Å². The lowest BCUT2D eigenvalue weighted by Crippen LogP contribution is -2.32. The molecule has 30 heavy (non-hydrogen) atoms. The largest absolute Gasteiger partial charge is 0.369 e. The van der Waals surface area contributed by atoms with Gasteiger partial charge in [-0.05, 0) is 42.7 Å². The van der Waals surface area contributed by atoms with Gasteiger partial charge in [0.1, 0.15) is 22.0 Å². The minimum Gasteiger partial charge on any atom is -0.369 e. The fourth-order valence-electron chi connectivity index (χ4n) is 3.43. The first-order chi connectivity index (χ1) is 14.6. The Labute approximate surface area is 184 Å². The number of benzene rings is 3. The second kappa shape index (κ2) is 10.3. The number of nitrogens with zero attached hydrogens (tertiary/aromatic N) is 3. The van der Waals surface area contributed by atoms with E-state index in [1.54, 1.807) is 6.34 Å². The van der Waals surface area contributed by atoms with Gasteiger partial charge in [0.05, 0.1) is 6.34 Å². The van der Waals surface area contributed by atoms with E-state index in [9.17, 15) is 5.26 Å². The molecule has 0 aromatic heterocycles. The van der Waals surface area contributed by atoms with Crippen molar-refractivity contribution in [3.8, 4) is 6.07 Å². The van der Waals surface area contributed by atoms with E-state index in [-0.39, 0.29) is 0 Å². The molecule has 0 bridgehead atoms. The van der Waals surface area contributed by atoms with Crippen LogP contribution in [-0.4, -0.2) is 31.6 Å². The van der Waals surface area contributed by atoms with E-state index in [0.717, 1.165) is 26.3 Å². The standard InChI is InChI=1S/C25H25N3PS/c1-28(2)20-27-25(30-3)24(19-26)29(21-13-7-4-8-14-21,22-15-9-5-10-16-22)23-17-11-6-12-18-23/h4-18,20H,1-3H3/q+1/b25-24-,27-20?. The number of hydrogen-bond acceptors (Lipinski definition) is 3. The van der Waals surface area contributed by atoms with Crippen molar-refractivity contribution in [1.82, 2.24) is 4.90 Å².